The summed E-state index contributed by atoms with van der Waals surface area (Å²) >= 11 is 6.03. The summed E-state index contributed by atoms with van der Waals surface area (Å²) < 4.78 is 0.981. The highest BCUT2D eigenvalue weighted by molar-refractivity contribution is 6.63. The van der Waals surface area contributed by atoms with Crippen LogP contribution in [0.25, 0.3) is 0 Å². The Morgan fingerprint density at radius 2 is 1.88 bits per heavy atom. The van der Waals surface area contributed by atoms with Crippen molar-refractivity contribution in [3.63, 3.8) is 0 Å². The zero-order chi connectivity index (χ0) is 19.1. The number of alkyl halides is 1. The fraction of sp³-hybridized carbons (Fsp3) is 0.450. The van der Waals surface area contributed by atoms with Gasteiger partial charge in [0.1, 0.15) is 11.4 Å². The van der Waals surface area contributed by atoms with Gasteiger partial charge in [-0.1, -0.05) is 0 Å². The van der Waals surface area contributed by atoms with E-state index in [0.717, 1.165) is 23.3 Å². The molecule has 5 nitrogen and oxygen atoms in total. The van der Waals surface area contributed by atoms with Crippen LogP contribution in [-0.2, 0) is 4.79 Å². The van der Waals surface area contributed by atoms with E-state index in [1.165, 1.54) is 12.1 Å². The molecule has 1 aromatic rings. The summed E-state index contributed by atoms with van der Waals surface area (Å²) in [7, 11) is 6.74. The second-order valence-corrected chi connectivity index (χ2v) is 8.42. The van der Waals surface area contributed by atoms with Gasteiger partial charge >= 0.3 is 0 Å². The van der Waals surface area contributed by atoms with E-state index < -0.39 is 5.38 Å². The van der Waals surface area contributed by atoms with Gasteiger partial charge in [-0.3, -0.25) is 4.79 Å². The van der Waals surface area contributed by atoms with E-state index in [2.05, 4.69) is 43.2 Å². The Morgan fingerprint density at radius 1 is 1.23 bits per heavy atom. The molecule has 3 rings (SSSR count). The van der Waals surface area contributed by atoms with E-state index in [-0.39, 0.29) is 11.5 Å². The van der Waals surface area contributed by atoms with E-state index in [1.54, 1.807) is 13.0 Å². The Kier molecular flexibility index (Phi) is 5.04. The number of carbonyl (C=O) groups excluding carboxylic acids is 1. The zero-order valence-corrected chi connectivity index (χ0v) is 16.5. The number of ketones is 1. The van der Waals surface area contributed by atoms with Gasteiger partial charge in [-0.2, -0.15) is 0 Å². The summed E-state index contributed by atoms with van der Waals surface area (Å²) in [5.74, 6) is -0.216. The highest BCUT2D eigenvalue weighted by Gasteiger charge is 2.32. The standard InChI is InChI=1S/C20H26ClN4O/c1-13-11-17(19(22)18(21)20(13)26)23-14-5-7-15(8-6-14)24-10-9-16(12-24)25(2,3)4/h5-8,11,16,18,22H,9-10,12H2,1-4H3/q+1. The SMILES string of the molecule is CC1=CC(=Nc2ccc(N3CCC([N+](C)(C)C)C3)cc2)C(=N)C(Cl)C1=O. The van der Waals surface area contributed by atoms with Crippen LogP contribution in [-0.4, -0.2) is 67.3 Å². The molecule has 2 aliphatic rings. The fourth-order valence-electron chi connectivity index (χ4n) is 3.39. The third kappa shape index (κ3) is 3.74. The molecule has 1 heterocycles. The minimum absolute atomic E-state index is 0.0664. The van der Waals surface area contributed by atoms with Crippen molar-refractivity contribution < 1.29 is 9.28 Å². The van der Waals surface area contributed by atoms with Crippen molar-refractivity contribution in [2.45, 2.75) is 24.8 Å². The van der Waals surface area contributed by atoms with Gasteiger partial charge in [0.25, 0.3) is 0 Å². The Bertz CT molecular complexity index is 789. The minimum atomic E-state index is -0.935. The van der Waals surface area contributed by atoms with Crippen molar-refractivity contribution in [1.82, 2.24) is 0 Å². The third-order valence-electron chi connectivity index (χ3n) is 5.22. The molecule has 0 amide bonds. The number of hydrogen-bond acceptors (Lipinski definition) is 4. The Morgan fingerprint density at radius 3 is 2.46 bits per heavy atom. The number of quaternary nitrogens is 1. The van der Waals surface area contributed by atoms with Crippen LogP contribution in [0.15, 0.2) is 40.9 Å². The lowest BCUT2D eigenvalue weighted by atomic mass is 9.95. The monoisotopic (exact) mass is 373 g/mol. The molecule has 1 N–H and O–H groups in total. The van der Waals surface area contributed by atoms with Crippen molar-refractivity contribution in [1.29, 1.82) is 5.41 Å². The molecule has 0 bridgehead atoms. The van der Waals surface area contributed by atoms with Crippen LogP contribution in [0.2, 0.25) is 0 Å². The van der Waals surface area contributed by atoms with Gasteiger partial charge in [0, 0.05) is 18.7 Å². The number of halogens is 1. The number of nitrogens with zero attached hydrogens (tertiary/aromatic N) is 3. The lowest BCUT2D eigenvalue weighted by Gasteiger charge is -2.31. The maximum absolute atomic E-state index is 11.8. The van der Waals surface area contributed by atoms with Gasteiger partial charge in [-0.25, -0.2) is 4.99 Å². The van der Waals surface area contributed by atoms with Crippen LogP contribution in [0.5, 0.6) is 0 Å². The average molecular weight is 374 g/mol. The number of nitrogens with one attached hydrogen (secondary N) is 1. The molecule has 0 spiro atoms. The summed E-state index contributed by atoms with van der Waals surface area (Å²) in [6.07, 6.45) is 2.84. The summed E-state index contributed by atoms with van der Waals surface area (Å²) in [6, 6.07) is 8.70. The largest absolute Gasteiger partial charge is 0.365 e. The van der Waals surface area contributed by atoms with E-state index in [9.17, 15) is 4.79 Å². The second kappa shape index (κ2) is 6.97. The number of carbonyl (C=O) groups is 1. The van der Waals surface area contributed by atoms with Crippen molar-refractivity contribution >= 4 is 40.2 Å². The van der Waals surface area contributed by atoms with Crippen LogP contribution >= 0.6 is 11.6 Å². The van der Waals surface area contributed by atoms with Crippen molar-refractivity contribution in [3.8, 4) is 0 Å². The number of likely N-dealkylation sites (N-methyl/N-ethyl adjacent to an activating group) is 1. The molecule has 138 valence electrons. The highest BCUT2D eigenvalue weighted by atomic mass is 35.5. The number of allylic oxidation sites excluding steroid dienone is 2. The van der Waals surface area contributed by atoms with Crippen molar-refractivity contribution in [2.24, 2.45) is 4.99 Å². The second-order valence-electron chi connectivity index (χ2n) is 7.99. The molecule has 0 radical (unpaired) electrons. The van der Waals surface area contributed by atoms with Gasteiger partial charge in [-0.15, -0.1) is 11.6 Å². The number of benzene rings is 1. The molecule has 1 aliphatic heterocycles. The van der Waals surface area contributed by atoms with Crippen LogP contribution in [0.3, 0.4) is 0 Å². The topological polar surface area (TPSA) is 56.5 Å². The molecular formula is C20H26ClN4O+. The minimum Gasteiger partial charge on any atom is -0.365 e. The van der Waals surface area contributed by atoms with Gasteiger partial charge in [0.2, 0.25) is 0 Å². The maximum atomic E-state index is 11.8. The molecule has 26 heavy (non-hydrogen) atoms. The number of Topliss-reactive ketones (excluding diaryl/α,β-unsaturated/α-hetero) is 1. The normalized spacial score (nSPS) is 25.8. The fourth-order valence-corrected chi connectivity index (χ4v) is 3.68. The van der Waals surface area contributed by atoms with E-state index in [0.29, 0.717) is 17.3 Å². The number of hydrogen-bond donors (Lipinski definition) is 1. The van der Waals surface area contributed by atoms with Gasteiger partial charge in [0.05, 0.1) is 44.8 Å². The molecule has 1 fully saturated rings. The Labute approximate surface area is 160 Å². The maximum Gasteiger partial charge on any atom is 0.182 e. The molecule has 0 saturated carbocycles. The van der Waals surface area contributed by atoms with Crippen LogP contribution in [0, 0.1) is 5.41 Å². The Balaban J connectivity index is 1.77. The lowest BCUT2D eigenvalue weighted by molar-refractivity contribution is -0.893. The molecule has 0 aromatic heterocycles. The van der Waals surface area contributed by atoms with Crippen LogP contribution < -0.4 is 4.90 Å². The smallest absolute Gasteiger partial charge is 0.182 e. The number of anilines is 1. The van der Waals surface area contributed by atoms with Crippen molar-refractivity contribution in [2.75, 3.05) is 39.1 Å². The zero-order valence-electron chi connectivity index (χ0n) is 15.8. The van der Waals surface area contributed by atoms with E-state index in [1.807, 2.05) is 12.1 Å². The molecule has 6 heteroatoms. The van der Waals surface area contributed by atoms with Crippen LogP contribution in [0.1, 0.15) is 13.3 Å². The molecule has 2 atom stereocenters. The molecule has 1 aliphatic carbocycles. The predicted octanol–water partition coefficient (Wildman–Crippen LogP) is 3.20. The summed E-state index contributed by atoms with van der Waals surface area (Å²) in [6.45, 7) is 3.83. The molecule has 1 saturated heterocycles. The lowest BCUT2D eigenvalue weighted by Crippen LogP contribution is -2.46. The van der Waals surface area contributed by atoms with Crippen molar-refractivity contribution in [3.05, 3.63) is 35.9 Å². The highest BCUT2D eigenvalue weighted by Crippen LogP contribution is 2.27. The number of rotatable bonds is 3. The first-order chi connectivity index (χ1) is 12.2. The first kappa shape index (κ1) is 18.8. The molecule has 1 aromatic carbocycles. The third-order valence-corrected chi connectivity index (χ3v) is 5.64. The van der Waals surface area contributed by atoms with Gasteiger partial charge in [0.15, 0.2) is 5.78 Å². The van der Waals surface area contributed by atoms with Gasteiger partial charge in [-0.05, 0) is 42.8 Å². The van der Waals surface area contributed by atoms with E-state index in [4.69, 9.17) is 17.0 Å². The first-order valence-corrected chi connectivity index (χ1v) is 9.30. The number of aliphatic imine (C=N–C) groups is 1. The molecular weight excluding hydrogens is 348 g/mol. The molecule has 2 unspecified atom stereocenters. The first-order valence-electron chi connectivity index (χ1n) is 8.87. The van der Waals surface area contributed by atoms with Gasteiger partial charge < -0.3 is 14.8 Å². The summed E-state index contributed by atoms with van der Waals surface area (Å²) in [4.78, 5) is 18.7. The Hall–Kier alpha value is -1.98. The summed E-state index contributed by atoms with van der Waals surface area (Å²) in [5, 5.41) is 7.11. The average Bonchev–Trinajstić information content (AvgIpc) is 3.09. The van der Waals surface area contributed by atoms with E-state index >= 15 is 0 Å². The summed E-state index contributed by atoms with van der Waals surface area (Å²) in [5.41, 5.74) is 3.02. The predicted molar refractivity (Wildman–Crippen MR) is 108 cm³/mol. The van der Waals surface area contributed by atoms with Crippen LogP contribution in [0.4, 0.5) is 11.4 Å². The quantitative estimate of drug-likeness (QED) is 0.653.